The summed E-state index contributed by atoms with van der Waals surface area (Å²) in [5, 5.41) is 0. The lowest BCUT2D eigenvalue weighted by atomic mass is 9.85. The molecule has 0 amide bonds. The Hall–Kier alpha value is -2.92. The van der Waals surface area contributed by atoms with Crippen LogP contribution in [0.1, 0.15) is 50.3 Å². The summed E-state index contributed by atoms with van der Waals surface area (Å²) in [4.78, 5) is 3.01. The highest BCUT2D eigenvalue weighted by Gasteiger charge is 2.26. The quantitative estimate of drug-likeness (QED) is 0.272. The van der Waals surface area contributed by atoms with Gasteiger partial charge in [0.15, 0.2) is 0 Å². The molecular formula is C27H33N2O6S2-. The Morgan fingerprint density at radius 1 is 0.703 bits per heavy atom. The third-order valence-electron chi connectivity index (χ3n) is 6.57. The molecule has 8 nitrogen and oxygen atoms in total. The van der Waals surface area contributed by atoms with Crippen molar-refractivity contribution in [1.82, 2.24) is 0 Å². The van der Waals surface area contributed by atoms with Crippen molar-refractivity contribution in [3.05, 3.63) is 83.4 Å². The molecule has 1 N–H and O–H groups in total. The van der Waals surface area contributed by atoms with Gasteiger partial charge in [-0.1, -0.05) is 30.3 Å². The van der Waals surface area contributed by atoms with E-state index in [4.69, 9.17) is 0 Å². The molecule has 0 bridgehead atoms. The van der Waals surface area contributed by atoms with Gasteiger partial charge in [-0.2, -0.15) is 8.42 Å². The maximum absolute atomic E-state index is 12.4. The molecule has 3 aromatic carbocycles. The van der Waals surface area contributed by atoms with Crippen molar-refractivity contribution in [3.63, 3.8) is 0 Å². The first-order valence-corrected chi connectivity index (χ1v) is 15.1. The van der Waals surface area contributed by atoms with E-state index in [-0.39, 0.29) is 5.56 Å². The fourth-order valence-corrected chi connectivity index (χ4v) is 5.95. The Kier molecular flexibility index (Phi) is 9.01. The second-order valence-electron chi connectivity index (χ2n) is 8.59. The minimum atomic E-state index is -4.94. The van der Waals surface area contributed by atoms with E-state index in [2.05, 4.69) is 37.5 Å². The first kappa shape index (κ1) is 28.6. The minimum absolute atomic E-state index is 0.168. The van der Waals surface area contributed by atoms with Crippen molar-refractivity contribution in [3.8, 4) is 0 Å². The fraction of sp³-hybridized carbons (Fsp3) is 0.333. The van der Waals surface area contributed by atoms with Crippen LogP contribution >= 0.6 is 0 Å². The zero-order valence-electron chi connectivity index (χ0n) is 21.5. The van der Waals surface area contributed by atoms with Crippen LogP contribution in [-0.4, -0.2) is 52.1 Å². The van der Waals surface area contributed by atoms with Crippen molar-refractivity contribution in [2.45, 2.75) is 43.4 Å². The number of hydrogen-bond donors (Lipinski definition) is 1. The van der Waals surface area contributed by atoms with E-state index in [9.17, 15) is 25.9 Å². The number of rotatable bonds is 11. The van der Waals surface area contributed by atoms with Crippen molar-refractivity contribution in [1.29, 1.82) is 0 Å². The molecule has 0 saturated heterocycles. The predicted molar refractivity (Wildman–Crippen MR) is 145 cm³/mol. The second-order valence-corrected chi connectivity index (χ2v) is 11.4. The summed E-state index contributed by atoms with van der Waals surface area (Å²) in [5.74, 6) is -0.656. The zero-order valence-corrected chi connectivity index (χ0v) is 23.1. The Balaban J connectivity index is 2.25. The molecule has 0 heterocycles. The van der Waals surface area contributed by atoms with Crippen LogP contribution in [0, 0.1) is 0 Å². The average Bonchev–Trinajstić information content (AvgIpc) is 2.86. The number of hydrogen-bond acceptors (Lipinski definition) is 7. The Morgan fingerprint density at radius 3 is 1.43 bits per heavy atom. The second kappa shape index (κ2) is 11.6. The lowest BCUT2D eigenvalue weighted by Gasteiger charge is -2.26. The summed E-state index contributed by atoms with van der Waals surface area (Å²) >= 11 is 0. The van der Waals surface area contributed by atoms with Gasteiger partial charge in [0.05, 0.1) is 9.79 Å². The largest absolute Gasteiger partial charge is 0.744 e. The normalized spacial score (nSPS) is 12.1. The standard InChI is InChI=1S/C27H34N2O6S2/c1-5-28(6-2)22-13-9-20(10-14-22)27(21-11-15-23(16-12-21)29(7-3)8-4)25-18-17-24(36(30,31)32)19-26(25)37(33,34)35/h9-19,27H,5-8H2,1-4H3,(H,30,31,32)(H,33,34,35)/p-1. The highest BCUT2D eigenvalue weighted by molar-refractivity contribution is 7.86. The van der Waals surface area contributed by atoms with Gasteiger partial charge in [0, 0.05) is 43.5 Å². The van der Waals surface area contributed by atoms with Gasteiger partial charge < -0.3 is 14.4 Å². The van der Waals surface area contributed by atoms with Crippen LogP contribution < -0.4 is 9.80 Å². The number of nitrogens with zero attached hydrogens (tertiary/aromatic N) is 2. The van der Waals surface area contributed by atoms with Crippen molar-refractivity contribution < 1.29 is 25.9 Å². The SMILES string of the molecule is CCN(CC)c1ccc(C(c2ccc(N(CC)CC)cc2)c2ccc(S(=O)(=O)[O-])cc2S(=O)(=O)O)cc1. The van der Waals surface area contributed by atoms with Gasteiger partial charge in [0.25, 0.3) is 10.1 Å². The van der Waals surface area contributed by atoms with Crippen LogP contribution in [0.2, 0.25) is 0 Å². The van der Waals surface area contributed by atoms with Crippen LogP contribution in [0.4, 0.5) is 11.4 Å². The van der Waals surface area contributed by atoms with E-state index in [0.717, 1.165) is 60.8 Å². The summed E-state index contributed by atoms with van der Waals surface area (Å²) in [6.45, 7) is 11.5. The third kappa shape index (κ3) is 6.51. The van der Waals surface area contributed by atoms with Gasteiger partial charge >= 0.3 is 0 Å². The zero-order chi connectivity index (χ0) is 27.4. The summed E-state index contributed by atoms with van der Waals surface area (Å²) in [7, 11) is -9.79. The number of anilines is 2. The lowest BCUT2D eigenvalue weighted by molar-refractivity contribution is 0.462. The van der Waals surface area contributed by atoms with E-state index in [0.29, 0.717) is 0 Å². The highest BCUT2D eigenvalue weighted by atomic mass is 32.2. The Bertz CT molecular complexity index is 1360. The molecule has 0 aliphatic rings. The van der Waals surface area contributed by atoms with Crippen LogP contribution in [-0.2, 0) is 20.2 Å². The maximum Gasteiger partial charge on any atom is 0.294 e. The third-order valence-corrected chi connectivity index (χ3v) is 8.31. The van der Waals surface area contributed by atoms with Crippen molar-refractivity contribution in [2.75, 3.05) is 36.0 Å². The van der Waals surface area contributed by atoms with E-state index in [1.807, 2.05) is 48.5 Å². The van der Waals surface area contributed by atoms with Gasteiger partial charge in [-0.05, 0) is 80.8 Å². The molecule has 0 radical (unpaired) electrons. The molecule has 0 unspecified atom stereocenters. The van der Waals surface area contributed by atoms with Crippen LogP contribution in [0.3, 0.4) is 0 Å². The first-order valence-electron chi connectivity index (χ1n) is 12.2. The molecule has 0 fully saturated rings. The maximum atomic E-state index is 12.4. The molecule has 0 aliphatic heterocycles. The van der Waals surface area contributed by atoms with Gasteiger partial charge in [-0.3, -0.25) is 4.55 Å². The molecule has 0 saturated carbocycles. The van der Waals surface area contributed by atoms with Crippen LogP contribution in [0.25, 0.3) is 0 Å². The van der Waals surface area contributed by atoms with Crippen molar-refractivity contribution >= 4 is 31.6 Å². The van der Waals surface area contributed by atoms with Gasteiger partial charge in [-0.25, -0.2) is 8.42 Å². The summed E-state index contributed by atoms with van der Waals surface area (Å²) < 4.78 is 69.6. The molecule has 10 heteroatoms. The highest BCUT2D eigenvalue weighted by Crippen LogP contribution is 2.38. The molecule has 3 rings (SSSR count). The molecule has 200 valence electrons. The van der Waals surface area contributed by atoms with E-state index in [1.54, 1.807) is 0 Å². The van der Waals surface area contributed by atoms with Gasteiger partial charge in [-0.15, -0.1) is 0 Å². The van der Waals surface area contributed by atoms with Crippen LogP contribution in [0.15, 0.2) is 76.5 Å². The average molecular weight is 546 g/mol. The number of benzene rings is 3. The van der Waals surface area contributed by atoms with E-state index in [1.165, 1.54) is 6.07 Å². The predicted octanol–water partition coefficient (Wildman–Crippen LogP) is 4.71. The molecule has 0 spiro atoms. The summed E-state index contributed by atoms with van der Waals surface area (Å²) in [6.07, 6.45) is 0. The lowest BCUT2D eigenvalue weighted by Crippen LogP contribution is -2.22. The summed E-state index contributed by atoms with van der Waals surface area (Å²) in [5.41, 5.74) is 3.67. The monoisotopic (exact) mass is 545 g/mol. The molecule has 37 heavy (non-hydrogen) atoms. The van der Waals surface area contributed by atoms with Crippen molar-refractivity contribution in [2.24, 2.45) is 0 Å². The minimum Gasteiger partial charge on any atom is -0.744 e. The van der Waals surface area contributed by atoms with E-state index >= 15 is 0 Å². The Labute approximate surface area is 220 Å². The summed E-state index contributed by atoms with van der Waals surface area (Å²) in [6, 6.07) is 18.5. The Morgan fingerprint density at radius 2 is 1.11 bits per heavy atom. The van der Waals surface area contributed by atoms with Crippen LogP contribution in [0.5, 0.6) is 0 Å². The smallest absolute Gasteiger partial charge is 0.294 e. The molecule has 0 aliphatic carbocycles. The van der Waals surface area contributed by atoms with Gasteiger partial charge in [0.2, 0.25) is 0 Å². The molecule has 3 aromatic rings. The molecular weight excluding hydrogens is 512 g/mol. The first-order chi connectivity index (χ1) is 17.4. The van der Waals surface area contributed by atoms with E-state index < -0.39 is 35.9 Å². The van der Waals surface area contributed by atoms with Gasteiger partial charge in [0.1, 0.15) is 10.1 Å². The topological polar surface area (TPSA) is 118 Å². The molecule has 0 atom stereocenters. The fourth-order valence-electron chi connectivity index (χ4n) is 4.62. The molecule has 0 aromatic heterocycles.